The maximum atomic E-state index is 12.3. The third-order valence-electron chi connectivity index (χ3n) is 3.70. The summed E-state index contributed by atoms with van der Waals surface area (Å²) in [7, 11) is 0. The summed E-state index contributed by atoms with van der Waals surface area (Å²) in [4.78, 5) is 24.7. The SMILES string of the molecule is O=C(O)[C@@H]1CCCN1C(=O)c1ccc(CCC(F)(F)F)cc1. The lowest BCUT2D eigenvalue weighted by atomic mass is 10.1. The molecule has 7 heteroatoms. The van der Waals surface area contributed by atoms with Crippen molar-refractivity contribution in [2.75, 3.05) is 6.54 Å². The van der Waals surface area contributed by atoms with Gasteiger partial charge in [0.1, 0.15) is 6.04 Å². The number of likely N-dealkylation sites (tertiary alicyclic amines) is 1. The number of nitrogens with zero attached hydrogens (tertiary/aromatic N) is 1. The summed E-state index contributed by atoms with van der Waals surface area (Å²) in [5, 5.41) is 9.07. The Kier molecular flexibility index (Phi) is 4.73. The van der Waals surface area contributed by atoms with E-state index in [0.29, 0.717) is 30.5 Å². The molecule has 0 bridgehead atoms. The van der Waals surface area contributed by atoms with Crippen molar-refractivity contribution in [1.29, 1.82) is 0 Å². The van der Waals surface area contributed by atoms with Crippen LogP contribution in [0.4, 0.5) is 13.2 Å². The normalized spacial score (nSPS) is 18.5. The van der Waals surface area contributed by atoms with Crippen molar-refractivity contribution in [1.82, 2.24) is 4.90 Å². The molecule has 1 N–H and O–H groups in total. The Morgan fingerprint density at radius 2 is 1.86 bits per heavy atom. The Balaban J connectivity index is 2.03. The molecule has 1 fully saturated rings. The Labute approximate surface area is 125 Å². The lowest BCUT2D eigenvalue weighted by Gasteiger charge is -2.21. The summed E-state index contributed by atoms with van der Waals surface area (Å²) in [5.41, 5.74) is 0.786. The van der Waals surface area contributed by atoms with Crippen LogP contribution in [0.25, 0.3) is 0 Å². The maximum Gasteiger partial charge on any atom is 0.389 e. The molecule has 1 aliphatic rings. The number of amides is 1. The molecule has 1 heterocycles. The lowest BCUT2D eigenvalue weighted by Crippen LogP contribution is -2.40. The molecule has 1 atom stereocenters. The minimum Gasteiger partial charge on any atom is -0.480 e. The molecule has 1 aliphatic heterocycles. The van der Waals surface area contributed by atoms with Crippen LogP contribution in [0.1, 0.15) is 35.2 Å². The predicted molar refractivity (Wildman–Crippen MR) is 72.5 cm³/mol. The van der Waals surface area contributed by atoms with E-state index in [-0.39, 0.29) is 6.42 Å². The molecule has 0 aromatic heterocycles. The Morgan fingerprint density at radius 3 is 2.41 bits per heavy atom. The molecule has 1 aromatic rings. The molecule has 1 amide bonds. The Hall–Kier alpha value is -2.05. The van der Waals surface area contributed by atoms with Crippen LogP contribution in [0, 0.1) is 0 Å². The van der Waals surface area contributed by atoms with Gasteiger partial charge in [0.2, 0.25) is 0 Å². The summed E-state index contributed by atoms with van der Waals surface area (Å²) < 4.78 is 36.5. The maximum absolute atomic E-state index is 12.3. The smallest absolute Gasteiger partial charge is 0.389 e. The van der Waals surface area contributed by atoms with Crippen LogP contribution in [0.15, 0.2) is 24.3 Å². The number of alkyl halides is 3. The van der Waals surface area contributed by atoms with Crippen molar-refractivity contribution >= 4 is 11.9 Å². The van der Waals surface area contributed by atoms with E-state index in [2.05, 4.69) is 0 Å². The minimum atomic E-state index is -4.21. The number of carboxylic acid groups (broad SMARTS) is 1. The van der Waals surface area contributed by atoms with Gasteiger partial charge < -0.3 is 10.0 Å². The van der Waals surface area contributed by atoms with Crippen molar-refractivity contribution in [3.63, 3.8) is 0 Å². The van der Waals surface area contributed by atoms with Gasteiger partial charge in [-0.1, -0.05) is 12.1 Å². The molecule has 1 saturated heterocycles. The van der Waals surface area contributed by atoms with E-state index in [4.69, 9.17) is 5.11 Å². The van der Waals surface area contributed by atoms with Crippen LogP contribution < -0.4 is 0 Å². The number of carbonyl (C=O) groups is 2. The average molecular weight is 315 g/mol. The van der Waals surface area contributed by atoms with E-state index in [1.165, 1.54) is 29.2 Å². The van der Waals surface area contributed by atoms with E-state index >= 15 is 0 Å². The fourth-order valence-electron chi connectivity index (χ4n) is 2.53. The number of carboxylic acids is 1. The zero-order valence-corrected chi connectivity index (χ0v) is 11.8. The summed E-state index contributed by atoms with van der Waals surface area (Å²) in [6, 6.07) is 5.03. The summed E-state index contributed by atoms with van der Waals surface area (Å²) in [5.74, 6) is -1.43. The van der Waals surface area contributed by atoms with Crippen LogP contribution in [0.3, 0.4) is 0 Å². The lowest BCUT2D eigenvalue weighted by molar-refractivity contribution is -0.141. The van der Waals surface area contributed by atoms with Crippen LogP contribution >= 0.6 is 0 Å². The molecular weight excluding hydrogens is 299 g/mol. The second kappa shape index (κ2) is 6.37. The predicted octanol–water partition coefficient (Wildman–Crippen LogP) is 2.87. The van der Waals surface area contributed by atoms with Gasteiger partial charge in [-0.2, -0.15) is 13.2 Å². The quantitative estimate of drug-likeness (QED) is 0.929. The fourth-order valence-corrected chi connectivity index (χ4v) is 2.53. The Bertz CT molecular complexity index is 554. The Morgan fingerprint density at radius 1 is 1.23 bits per heavy atom. The summed E-state index contributed by atoms with van der Waals surface area (Å²) in [6.45, 7) is 0.381. The zero-order chi connectivity index (χ0) is 16.3. The minimum absolute atomic E-state index is 0.139. The number of benzene rings is 1. The van der Waals surface area contributed by atoms with E-state index in [0.717, 1.165) is 0 Å². The van der Waals surface area contributed by atoms with Gasteiger partial charge in [-0.25, -0.2) is 4.79 Å². The molecule has 2 rings (SSSR count). The van der Waals surface area contributed by atoms with Gasteiger partial charge in [-0.05, 0) is 37.0 Å². The van der Waals surface area contributed by atoms with E-state index < -0.39 is 30.5 Å². The van der Waals surface area contributed by atoms with Crippen molar-refractivity contribution in [3.05, 3.63) is 35.4 Å². The highest BCUT2D eigenvalue weighted by atomic mass is 19.4. The van der Waals surface area contributed by atoms with Gasteiger partial charge in [-0.3, -0.25) is 4.79 Å². The largest absolute Gasteiger partial charge is 0.480 e. The second-order valence-electron chi connectivity index (χ2n) is 5.31. The van der Waals surface area contributed by atoms with Gasteiger partial charge in [0, 0.05) is 18.5 Å². The highest BCUT2D eigenvalue weighted by Gasteiger charge is 2.34. The highest BCUT2D eigenvalue weighted by molar-refractivity contribution is 5.97. The number of rotatable bonds is 4. The van der Waals surface area contributed by atoms with Crippen LogP contribution in [0.5, 0.6) is 0 Å². The van der Waals surface area contributed by atoms with Crippen molar-refractivity contribution in [3.8, 4) is 0 Å². The van der Waals surface area contributed by atoms with Gasteiger partial charge in [-0.15, -0.1) is 0 Å². The molecular formula is C15H16F3NO3. The molecule has 22 heavy (non-hydrogen) atoms. The molecule has 0 unspecified atom stereocenters. The van der Waals surface area contributed by atoms with Crippen molar-refractivity contribution < 1.29 is 27.9 Å². The third-order valence-corrected chi connectivity index (χ3v) is 3.70. The number of halogens is 3. The number of hydrogen-bond acceptors (Lipinski definition) is 2. The molecule has 0 saturated carbocycles. The molecule has 0 spiro atoms. The standard InChI is InChI=1S/C15H16F3NO3/c16-15(17,18)8-7-10-3-5-11(6-4-10)13(20)19-9-1-2-12(19)14(21)22/h3-6,12H,1-2,7-9H2,(H,21,22)/t12-/m0/s1. The average Bonchev–Trinajstić information content (AvgIpc) is 2.94. The van der Waals surface area contributed by atoms with E-state index in [9.17, 15) is 22.8 Å². The monoisotopic (exact) mass is 315 g/mol. The molecule has 120 valence electrons. The van der Waals surface area contributed by atoms with Crippen molar-refractivity contribution in [2.24, 2.45) is 0 Å². The molecule has 0 aliphatic carbocycles. The zero-order valence-electron chi connectivity index (χ0n) is 11.8. The number of carbonyl (C=O) groups excluding carboxylic acids is 1. The first-order chi connectivity index (χ1) is 10.3. The van der Waals surface area contributed by atoms with E-state index in [1.807, 2.05) is 0 Å². The topological polar surface area (TPSA) is 57.6 Å². The third kappa shape index (κ3) is 3.99. The number of hydrogen-bond donors (Lipinski definition) is 1. The van der Waals surface area contributed by atoms with Gasteiger partial charge in [0.05, 0.1) is 0 Å². The van der Waals surface area contributed by atoms with E-state index in [1.54, 1.807) is 0 Å². The fraction of sp³-hybridized carbons (Fsp3) is 0.467. The first-order valence-electron chi connectivity index (χ1n) is 6.97. The first kappa shape index (κ1) is 16.3. The molecule has 0 radical (unpaired) electrons. The summed E-state index contributed by atoms with van der Waals surface area (Å²) >= 11 is 0. The number of aliphatic carboxylic acids is 1. The van der Waals surface area contributed by atoms with Gasteiger partial charge in [0.25, 0.3) is 5.91 Å². The molecule has 4 nitrogen and oxygen atoms in total. The van der Waals surface area contributed by atoms with Crippen LogP contribution in [0.2, 0.25) is 0 Å². The van der Waals surface area contributed by atoms with Gasteiger partial charge in [0.15, 0.2) is 0 Å². The van der Waals surface area contributed by atoms with Crippen LogP contribution in [-0.2, 0) is 11.2 Å². The molecule has 1 aromatic carbocycles. The number of aryl methyl sites for hydroxylation is 1. The summed E-state index contributed by atoms with van der Waals surface area (Å²) in [6.07, 6.45) is -4.21. The van der Waals surface area contributed by atoms with Gasteiger partial charge >= 0.3 is 12.1 Å². The highest BCUT2D eigenvalue weighted by Crippen LogP contribution is 2.23. The van der Waals surface area contributed by atoms with Crippen molar-refractivity contribution in [2.45, 2.75) is 37.9 Å². The van der Waals surface area contributed by atoms with Crippen LogP contribution in [-0.4, -0.2) is 40.6 Å². The first-order valence-corrected chi connectivity index (χ1v) is 6.97. The second-order valence-corrected chi connectivity index (χ2v) is 5.31.